The first-order chi connectivity index (χ1) is 13.0. The van der Waals surface area contributed by atoms with Crippen LogP contribution in [0.5, 0.6) is 0 Å². The summed E-state index contributed by atoms with van der Waals surface area (Å²) in [6, 6.07) is 16.9. The molecule has 0 bridgehead atoms. The first-order valence-electron chi connectivity index (χ1n) is 8.11. The molecule has 3 aromatic rings. The van der Waals surface area contributed by atoms with Gasteiger partial charge in [-0.1, -0.05) is 47.7 Å². The molecule has 0 atom stereocenters. The summed E-state index contributed by atoms with van der Waals surface area (Å²) >= 11 is 2.63. The summed E-state index contributed by atoms with van der Waals surface area (Å²) in [7, 11) is 1.30. The molecule has 3 N–H and O–H groups in total. The van der Waals surface area contributed by atoms with E-state index >= 15 is 0 Å². The number of nitrogens with two attached hydrogens (primary N) is 1. The van der Waals surface area contributed by atoms with Crippen molar-refractivity contribution in [3.05, 3.63) is 70.6 Å². The Balaban J connectivity index is 1.96. The molecule has 0 aliphatic heterocycles. The van der Waals surface area contributed by atoms with E-state index in [4.69, 9.17) is 10.5 Å². The van der Waals surface area contributed by atoms with Gasteiger partial charge >= 0.3 is 5.97 Å². The lowest BCUT2D eigenvalue weighted by molar-refractivity contribution is 0.0607. The van der Waals surface area contributed by atoms with Gasteiger partial charge in [-0.25, -0.2) is 4.79 Å². The Hall–Kier alpha value is -2.77. The van der Waals surface area contributed by atoms with E-state index in [0.717, 1.165) is 14.7 Å². The lowest BCUT2D eigenvalue weighted by Crippen LogP contribution is -2.13. The van der Waals surface area contributed by atoms with Crippen LogP contribution in [0.2, 0.25) is 0 Å². The van der Waals surface area contributed by atoms with Crippen LogP contribution >= 0.6 is 23.1 Å². The Labute approximate surface area is 165 Å². The van der Waals surface area contributed by atoms with Crippen molar-refractivity contribution in [2.75, 3.05) is 18.2 Å². The molecule has 0 unspecified atom stereocenters. The number of rotatable bonds is 5. The van der Waals surface area contributed by atoms with Crippen LogP contribution in [0.25, 0.3) is 0 Å². The van der Waals surface area contributed by atoms with E-state index in [0.29, 0.717) is 11.3 Å². The van der Waals surface area contributed by atoms with Gasteiger partial charge in [0.1, 0.15) is 4.88 Å². The molecule has 0 saturated heterocycles. The molecular weight excluding hydrogens is 380 g/mol. The molecule has 1 heterocycles. The Morgan fingerprint density at radius 3 is 2.37 bits per heavy atom. The largest absolute Gasteiger partial charge is 0.465 e. The van der Waals surface area contributed by atoms with Gasteiger partial charge in [0.15, 0.2) is 0 Å². The summed E-state index contributed by atoms with van der Waals surface area (Å²) in [4.78, 5) is 25.9. The van der Waals surface area contributed by atoms with Crippen molar-refractivity contribution in [1.82, 2.24) is 0 Å². The molecule has 5 nitrogen and oxygen atoms in total. The number of nitrogen functional groups attached to an aromatic ring is 1. The number of hydrogen-bond acceptors (Lipinski definition) is 6. The van der Waals surface area contributed by atoms with Crippen molar-refractivity contribution >= 4 is 46.3 Å². The van der Waals surface area contributed by atoms with Gasteiger partial charge < -0.3 is 15.8 Å². The smallest absolute Gasteiger partial charge is 0.350 e. The maximum atomic E-state index is 12.6. The minimum atomic E-state index is -0.525. The highest BCUT2D eigenvalue weighted by Gasteiger charge is 2.24. The van der Waals surface area contributed by atoms with Gasteiger partial charge in [-0.15, -0.1) is 11.3 Å². The number of ether oxygens (including phenoxy) is 1. The van der Waals surface area contributed by atoms with Crippen molar-refractivity contribution in [2.24, 2.45) is 0 Å². The minimum Gasteiger partial charge on any atom is -0.465 e. The number of amides is 1. The SMILES string of the molecule is COC(=O)c1sc(Sc2ccccc2)c(NC(=O)c2ccc(C)cc2)c1N. The maximum absolute atomic E-state index is 12.6. The lowest BCUT2D eigenvalue weighted by Gasteiger charge is -2.08. The van der Waals surface area contributed by atoms with Crippen molar-refractivity contribution in [1.29, 1.82) is 0 Å². The third-order valence-electron chi connectivity index (χ3n) is 3.79. The van der Waals surface area contributed by atoms with Crippen LogP contribution < -0.4 is 11.1 Å². The van der Waals surface area contributed by atoms with Crippen molar-refractivity contribution in [3.63, 3.8) is 0 Å². The molecule has 0 aliphatic carbocycles. The summed E-state index contributed by atoms with van der Waals surface area (Å²) in [5, 5.41) is 2.85. The average molecular weight is 399 g/mol. The van der Waals surface area contributed by atoms with Crippen LogP contribution in [0, 0.1) is 6.92 Å². The molecule has 1 aromatic heterocycles. The van der Waals surface area contributed by atoms with Gasteiger partial charge in [-0.3, -0.25) is 4.79 Å². The summed E-state index contributed by atoms with van der Waals surface area (Å²) in [6.45, 7) is 1.95. The second-order valence-corrected chi connectivity index (χ2v) is 8.10. The van der Waals surface area contributed by atoms with Crippen molar-refractivity contribution in [2.45, 2.75) is 16.0 Å². The van der Waals surface area contributed by atoms with E-state index in [2.05, 4.69) is 5.32 Å². The molecule has 3 rings (SSSR count). The monoisotopic (exact) mass is 398 g/mol. The van der Waals surface area contributed by atoms with E-state index in [1.165, 1.54) is 30.2 Å². The molecule has 0 saturated carbocycles. The van der Waals surface area contributed by atoms with Gasteiger partial charge in [-0.2, -0.15) is 0 Å². The first-order valence-corrected chi connectivity index (χ1v) is 9.74. The highest BCUT2D eigenvalue weighted by molar-refractivity contribution is 8.01. The van der Waals surface area contributed by atoms with Gasteiger partial charge in [0, 0.05) is 10.5 Å². The van der Waals surface area contributed by atoms with Crippen molar-refractivity contribution < 1.29 is 14.3 Å². The highest BCUT2D eigenvalue weighted by atomic mass is 32.2. The van der Waals surface area contributed by atoms with Crippen LogP contribution in [0.4, 0.5) is 11.4 Å². The zero-order valence-electron chi connectivity index (χ0n) is 14.8. The zero-order valence-corrected chi connectivity index (χ0v) is 16.4. The van der Waals surface area contributed by atoms with Crippen LogP contribution in [-0.2, 0) is 4.74 Å². The fourth-order valence-corrected chi connectivity index (χ4v) is 4.65. The van der Waals surface area contributed by atoms with Crippen LogP contribution in [-0.4, -0.2) is 19.0 Å². The fraction of sp³-hybridized carbons (Fsp3) is 0.100. The van der Waals surface area contributed by atoms with E-state index < -0.39 is 5.97 Å². The Morgan fingerprint density at radius 1 is 1.07 bits per heavy atom. The summed E-state index contributed by atoms with van der Waals surface area (Å²) < 4.78 is 5.53. The van der Waals surface area contributed by atoms with Crippen LogP contribution in [0.1, 0.15) is 25.6 Å². The Bertz CT molecular complexity index is 967. The lowest BCUT2D eigenvalue weighted by atomic mass is 10.1. The number of anilines is 2. The summed E-state index contributed by atoms with van der Waals surface area (Å²) in [5.74, 6) is -0.811. The highest BCUT2D eigenvalue weighted by Crippen LogP contribution is 2.45. The molecule has 0 aliphatic rings. The number of carbonyl (C=O) groups excluding carboxylic acids is 2. The molecule has 7 heteroatoms. The van der Waals surface area contributed by atoms with Crippen molar-refractivity contribution in [3.8, 4) is 0 Å². The first kappa shape index (κ1) is 19.0. The number of benzene rings is 2. The number of hydrogen-bond donors (Lipinski definition) is 2. The fourth-order valence-electron chi connectivity index (χ4n) is 2.34. The number of thiophene rings is 1. The number of nitrogens with one attached hydrogen (secondary N) is 1. The third-order valence-corrected chi connectivity index (χ3v) is 6.17. The number of aryl methyl sites for hydroxylation is 1. The quantitative estimate of drug-likeness (QED) is 0.602. The van der Waals surface area contributed by atoms with Gasteiger partial charge in [-0.05, 0) is 31.2 Å². The van der Waals surface area contributed by atoms with E-state index in [-0.39, 0.29) is 16.5 Å². The predicted octanol–water partition coefficient (Wildman–Crippen LogP) is 4.83. The zero-order chi connectivity index (χ0) is 19.4. The maximum Gasteiger partial charge on any atom is 0.350 e. The topological polar surface area (TPSA) is 81.4 Å². The molecule has 0 spiro atoms. The van der Waals surface area contributed by atoms with Crippen LogP contribution in [0.15, 0.2) is 63.7 Å². The molecule has 0 radical (unpaired) electrons. The van der Waals surface area contributed by atoms with Crippen LogP contribution in [0.3, 0.4) is 0 Å². The summed E-state index contributed by atoms with van der Waals surface area (Å²) in [6.07, 6.45) is 0. The third kappa shape index (κ3) is 4.32. The van der Waals surface area contributed by atoms with E-state index in [1.54, 1.807) is 12.1 Å². The average Bonchev–Trinajstić information content (AvgIpc) is 2.98. The number of esters is 1. The molecule has 0 fully saturated rings. The standard InChI is InChI=1S/C20H18N2O3S2/c1-12-8-10-13(11-9-12)18(23)22-16-15(21)17(19(24)25-2)27-20(16)26-14-6-4-3-5-7-14/h3-11H,21H2,1-2H3,(H,22,23). The Kier molecular flexibility index (Phi) is 5.83. The van der Waals surface area contributed by atoms with E-state index in [9.17, 15) is 9.59 Å². The number of methoxy groups -OCH3 is 1. The Morgan fingerprint density at radius 2 is 1.74 bits per heavy atom. The summed E-state index contributed by atoms with van der Waals surface area (Å²) in [5.41, 5.74) is 8.39. The van der Waals surface area contributed by atoms with Gasteiger partial charge in [0.2, 0.25) is 0 Å². The molecule has 27 heavy (non-hydrogen) atoms. The minimum absolute atomic E-state index is 0.214. The second-order valence-electron chi connectivity index (χ2n) is 5.73. The second kappa shape index (κ2) is 8.28. The predicted molar refractivity (Wildman–Crippen MR) is 110 cm³/mol. The molecule has 2 aromatic carbocycles. The van der Waals surface area contributed by atoms with Gasteiger partial charge in [0.05, 0.1) is 22.7 Å². The van der Waals surface area contributed by atoms with E-state index in [1.807, 2.05) is 49.4 Å². The molecule has 138 valence electrons. The normalized spacial score (nSPS) is 10.4. The number of carbonyl (C=O) groups is 2. The molecular formula is C20H18N2O3S2. The van der Waals surface area contributed by atoms with Gasteiger partial charge in [0.25, 0.3) is 5.91 Å². The molecule has 1 amide bonds.